The van der Waals surface area contributed by atoms with Crippen LogP contribution in [0.4, 0.5) is 18.9 Å². The molecule has 19 heavy (non-hydrogen) atoms. The maximum atomic E-state index is 12.8. The normalized spacial score (nSPS) is 20.2. The highest BCUT2D eigenvalue weighted by atomic mass is 79.9. The number of nitriles is 1. The highest BCUT2D eigenvalue weighted by Crippen LogP contribution is 2.36. The zero-order valence-corrected chi connectivity index (χ0v) is 11.6. The lowest BCUT2D eigenvalue weighted by Crippen LogP contribution is -2.42. The van der Waals surface area contributed by atoms with Gasteiger partial charge in [0.25, 0.3) is 0 Å². The molecule has 0 N–H and O–H groups in total. The van der Waals surface area contributed by atoms with Crippen molar-refractivity contribution in [3.05, 3.63) is 28.2 Å². The number of anilines is 1. The fraction of sp³-hybridized carbons (Fsp3) is 0.462. The van der Waals surface area contributed by atoms with Gasteiger partial charge in [-0.3, -0.25) is 0 Å². The minimum absolute atomic E-state index is 0.0696. The van der Waals surface area contributed by atoms with E-state index in [1.54, 1.807) is 23.1 Å². The molecule has 1 unspecified atom stereocenters. The summed E-state index contributed by atoms with van der Waals surface area (Å²) in [5.41, 5.74) is 0.983. The van der Waals surface area contributed by atoms with Crippen molar-refractivity contribution >= 4 is 21.6 Å². The van der Waals surface area contributed by atoms with E-state index in [2.05, 4.69) is 15.9 Å². The summed E-state index contributed by atoms with van der Waals surface area (Å²) in [5, 5.41) is 9.08. The third-order valence-electron chi connectivity index (χ3n) is 3.30. The number of rotatable bonds is 1. The van der Waals surface area contributed by atoms with Gasteiger partial charge < -0.3 is 4.90 Å². The van der Waals surface area contributed by atoms with E-state index in [-0.39, 0.29) is 13.0 Å². The van der Waals surface area contributed by atoms with Crippen LogP contribution in [0.15, 0.2) is 22.7 Å². The molecule has 1 aromatic carbocycles. The molecule has 0 saturated carbocycles. The third-order valence-corrected chi connectivity index (χ3v) is 3.80. The third kappa shape index (κ3) is 3.21. The van der Waals surface area contributed by atoms with E-state index in [0.717, 1.165) is 4.47 Å². The van der Waals surface area contributed by atoms with Crippen molar-refractivity contribution in [3.63, 3.8) is 0 Å². The van der Waals surface area contributed by atoms with Gasteiger partial charge in [-0.25, -0.2) is 0 Å². The van der Waals surface area contributed by atoms with E-state index in [1.807, 2.05) is 6.07 Å². The Labute approximate surface area is 117 Å². The molecule has 2 rings (SSSR count). The number of benzene rings is 1. The maximum Gasteiger partial charge on any atom is 0.393 e. The van der Waals surface area contributed by atoms with Crippen LogP contribution in [-0.4, -0.2) is 19.3 Å². The van der Waals surface area contributed by atoms with Crippen LogP contribution < -0.4 is 4.90 Å². The molecular formula is C13H12BrF3N2. The minimum atomic E-state index is -4.17. The molecule has 0 spiro atoms. The topological polar surface area (TPSA) is 27.0 Å². The number of hydrogen-bond acceptors (Lipinski definition) is 2. The first-order valence-corrected chi connectivity index (χ1v) is 6.72. The quantitative estimate of drug-likeness (QED) is 0.774. The SMILES string of the molecule is N#Cc1cc(Br)ccc1N1CCCC(C(F)(F)F)C1. The van der Waals surface area contributed by atoms with Gasteiger partial charge in [0.15, 0.2) is 0 Å². The van der Waals surface area contributed by atoms with Crippen molar-refractivity contribution < 1.29 is 13.2 Å². The standard InChI is InChI=1S/C13H12BrF3N2/c14-11-3-4-12(9(6-11)7-18)19-5-1-2-10(8-19)13(15,16)17/h3-4,6,10H,1-2,5,8H2. The van der Waals surface area contributed by atoms with E-state index in [4.69, 9.17) is 5.26 Å². The first-order chi connectivity index (χ1) is 8.91. The van der Waals surface area contributed by atoms with E-state index >= 15 is 0 Å². The lowest BCUT2D eigenvalue weighted by atomic mass is 9.96. The molecule has 1 saturated heterocycles. The molecule has 0 amide bonds. The van der Waals surface area contributed by atoms with Crippen LogP contribution in [-0.2, 0) is 0 Å². The van der Waals surface area contributed by atoms with Gasteiger partial charge in [0.2, 0.25) is 0 Å². The lowest BCUT2D eigenvalue weighted by Gasteiger charge is -2.35. The number of nitrogens with zero attached hydrogens (tertiary/aromatic N) is 2. The first kappa shape index (κ1) is 14.2. The summed E-state index contributed by atoms with van der Waals surface area (Å²) in [6.07, 6.45) is -3.51. The van der Waals surface area contributed by atoms with E-state index in [1.165, 1.54) is 0 Å². The Bertz CT molecular complexity index is 508. The highest BCUT2D eigenvalue weighted by molar-refractivity contribution is 9.10. The molecule has 0 aliphatic carbocycles. The van der Waals surface area contributed by atoms with Gasteiger partial charge in [0.05, 0.1) is 17.2 Å². The van der Waals surface area contributed by atoms with Crippen LogP contribution in [0, 0.1) is 17.2 Å². The molecule has 0 radical (unpaired) electrons. The van der Waals surface area contributed by atoms with Crippen molar-refractivity contribution in [1.82, 2.24) is 0 Å². The van der Waals surface area contributed by atoms with Gasteiger partial charge >= 0.3 is 6.18 Å². The lowest BCUT2D eigenvalue weighted by molar-refractivity contribution is -0.175. The van der Waals surface area contributed by atoms with Gasteiger partial charge in [-0.15, -0.1) is 0 Å². The van der Waals surface area contributed by atoms with E-state index < -0.39 is 12.1 Å². The summed E-state index contributed by atoms with van der Waals surface area (Å²) in [5.74, 6) is -1.31. The summed E-state index contributed by atoms with van der Waals surface area (Å²) >= 11 is 3.26. The van der Waals surface area contributed by atoms with Crippen LogP contribution in [0.2, 0.25) is 0 Å². The van der Waals surface area contributed by atoms with Crippen LogP contribution in [0.5, 0.6) is 0 Å². The molecular weight excluding hydrogens is 321 g/mol. The van der Waals surface area contributed by atoms with Crippen LogP contribution in [0.3, 0.4) is 0 Å². The smallest absolute Gasteiger partial charge is 0.370 e. The van der Waals surface area contributed by atoms with Gasteiger partial charge in [0.1, 0.15) is 6.07 Å². The molecule has 6 heteroatoms. The Hall–Kier alpha value is -1.22. The van der Waals surface area contributed by atoms with E-state index in [9.17, 15) is 13.2 Å². The average Bonchev–Trinajstić information content (AvgIpc) is 2.37. The van der Waals surface area contributed by atoms with Crippen LogP contribution in [0.1, 0.15) is 18.4 Å². The first-order valence-electron chi connectivity index (χ1n) is 5.93. The van der Waals surface area contributed by atoms with Gasteiger partial charge in [-0.05, 0) is 31.0 Å². The highest BCUT2D eigenvalue weighted by Gasteiger charge is 2.42. The van der Waals surface area contributed by atoms with Crippen molar-refractivity contribution in [2.75, 3.05) is 18.0 Å². The van der Waals surface area contributed by atoms with Gasteiger partial charge in [-0.2, -0.15) is 18.4 Å². The molecule has 1 heterocycles. The van der Waals surface area contributed by atoms with Crippen molar-refractivity contribution in [2.45, 2.75) is 19.0 Å². The molecule has 1 atom stereocenters. The molecule has 102 valence electrons. The van der Waals surface area contributed by atoms with Gasteiger partial charge in [-0.1, -0.05) is 15.9 Å². The zero-order valence-electron chi connectivity index (χ0n) is 10.0. The molecule has 1 fully saturated rings. The monoisotopic (exact) mass is 332 g/mol. The molecule has 1 aromatic rings. The second-order valence-electron chi connectivity index (χ2n) is 4.60. The number of piperidine rings is 1. The van der Waals surface area contributed by atoms with Gasteiger partial charge in [0, 0.05) is 17.6 Å². The fourth-order valence-corrected chi connectivity index (χ4v) is 2.70. The second-order valence-corrected chi connectivity index (χ2v) is 5.52. The number of halogens is 4. The number of hydrogen-bond donors (Lipinski definition) is 0. The fourth-order valence-electron chi connectivity index (χ4n) is 2.34. The Morgan fingerprint density at radius 2 is 2.11 bits per heavy atom. The Kier molecular flexibility index (Phi) is 4.04. The molecule has 1 aliphatic rings. The summed E-state index contributed by atoms with van der Waals surface area (Å²) in [6, 6.07) is 7.11. The Morgan fingerprint density at radius 3 is 2.74 bits per heavy atom. The largest absolute Gasteiger partial charge is 0.393 e. The Morgan fingerprint density at radius 1 is 1.37 bits per heavy atom. The average molecular weight is 333 g/mol. The molecule has 0 bridgehead atoms. The maximum absolute atomic E-state index is 12.8. The van der Waals surface area contributed by atoms with Crippen LogP contribution in [0.25, 0.3) is 0 Å². The van der Waals surface area contributed by atoms with E-state index in [0.29, 0.717) is 24.2 Å². The summed E-state index contributed by atoms with van der Waals surface area (Å²) in [4.78, 5) is 1.66. The summed E-state index contributed by atoms with van der Waals surface area (Å²) in [6.45, 7) is 0.489. The second kappa shape index (κ2) is 5.41. The van der Waals surface area contributed by atoms with Crippen LogP contribution >= 0.6 is 15.9 Å². The predicted octanol–water partition coefficient (Wildman–Crippen LogP) is 4.10. The number of alkyl halides is 3. The summed E-state index contributed by atoms with van der Waals surface area (Å²) in [7, 11) is 0. The predicted molar refractivity (Wildman–Crippen MR) is 69.8 cm³/mol. The molecule has 1 aliphatic heterocycles. The summed E-state index contributed by atoms with van der Waals surface area (Å²) < 4.78 is 39.1. The zero-order chi connectivity index (χ0) is 14.0. The molecule has 2 nitrogen and oxygen atoms in total. The van der Waals surface area contributed by atoms with Crippen molar-refractivity contribution in [2.24, 2.45) is 5.92 Å². The van der Waals surface area contributed by atoms with Crippen molar-refractivity contribution in [1.29, 1.82) is 5.26 Å². The molecule has 0 aromatic heterocycles. The van der Waals surface area contributed by atoms with Crippen molar-refractivity contribution in [3.8, 4) is 6.07 Å². The Balaban J connectivity index is 2.25. The minimum Gasteiger partial charge on any atom is -0.370 e.